The normalized spacial score (nSPS) is 10.8. The fourth-order valence-corrected chi connectivity index (χ4v) is 0.868. The number of carboxylic acid groups (broad SMARTS) is 1. The highest BCUT2D eigenvalue weighted by atomic mass is 16.5. The molecule has 0 fully saturated rings. The van der Waals surface area contributed by atoms with E-state index in [1.165, 1.54) is 0 Å². The lowest BCUT2D eigenvalue weighted by atomic mass is 10.2. The Morgan fingerprint density at radius 1 is 1.64 bits per heavy atom. The fraction of sp³-hybridized carbons (Fsp3) is 0.625. The molecular formula is C8H13N3O3. The van der Waals surface area contributed by atoms with E-state index in [9.17, 15) is 4.79 Å². The number of hydrogen-bond acceptors (Lipinski definition) is 4. The Labute approximate surface area is 81.3 Å². The maximum Gasteiger partial charge on any atom is 0.329 e. The molecule has 0 saturated heterocycles. The van der Waals surface area contributed by atoms with Gasteiger partial charge >= 0.3 is 5.97 Å². The fourth-order valence-electron chi connectivity index (χ4n) is 0.868. The molecule has 2 N–H and O–H groups in total. The van der Waals surface area contributed by atoms with Crippen LogP contribution in [0.1, 0.15) is 31.4 Å². The van der Waals surface area contributed by atoms with Crippen LogP contribution in [-0.2, 0) is 16.1 Å². The van der Waals surface area contributed by atoms with Crippen molar-refractivity contribution < 1.29 is 14.6 Å². The van der Waals surface area contributed by atoms with Crippen LogP contribution in [0, 0.1) is 0 Å². The molecule has 0 atom stereocenters. The number of aliphatic carboxylic acids is 1. The van der Waals surface area contributed by atoms with Crippen LogP contribution < -0.4 is 0 Å². The zero-order valence-corrected chi connectivity index (χ0v) is 8.15. The van der Waals surface area contributed by atoms with Gasteiger partial charge < -0.3 is 9.84 Å². The van der Waals surface area contributed by atoms with E-state index in [0.717, 1.165) is 0 Å². The Morgan fingerprint density at radius 3 is 2.86 bits per heavy atom. The van der Waals surface area contributed by atoms with Crippen molar-refractivity contribution >= 4 is 5.97 Å². The maximum atomic E-state index is 10.1. The first-order valence-electron chi connectivity index (χ1n) is 4.30. The van der Waals surface area contributed by atoms with E-state index in [1.54, 1.807) is 0 Å². The third kappa shape index (κ3) is 3.14. The molecule has 0 aliphatic carbocycles. The zero-order valence-electron chi connectivity index (χ0n) is 8.15. The van der Waals surface area contributed by atoms with Crippen LogP contribution in [0.15, 0.2) is 0 Å². The Balaban J connectivity index is 2.40. The summed E-state index contributed by atoms with van der Waals surface area (Å²) in [7, 11) is 0. The van der Waals surface area contributed by atoms with Crippen molar-refractivity contribution in [1.29, 1.82) is 0 Å². The predicted molar refractivity (Wildman–Crippen MR) is 47.8 cm³/mol. The number of rotatable bonds is 5. The topological polar surface area (TPSA) is 88.1 Å². The first-order valence-corrected chi connectivity index (χ1v) is 4.30. The summed E-state index contributed by atoms with van der Waals surface area (Å²) in [6.07, 6.45) is 0. The predicted octanol–water partition coefficient (Wildman–Crippen LogP) is 0.529. The van der Waals surface area contributed by atoms with Crippen molar-refractivity contribution in [3.8, 4) is 0 Å². The first-order chi connectivity index (χ1) is 6.59. The summed E-state index contributed by atoms with van der Waals surface area (Å²) >= 11 is 0. The second kappa shape index (κ2) is 4.71. The summed E-state index contributed by atoms with van der Waals surface area (Å²) in [6, 6.07) is 0. The highest BCUT2D eigenvalue weighted by molar-refractivity contribution is 5.67. The van der Waals surface area contributed by atoms with E-state index in [-0.39, 0.29) is 19.1 Å². The second-order valence-corrected chi connectivity index (χ2v) is 3.18. The van der Waals surface area contributed by atoms with Gasteiger partial charge in [0.25, 0.3) is 0 Å². The quantitative estimate of drug-likeness (QED) is 0.722. The number of carbonyl (C=O) groups is 1. The number of aromatic amines is 1. The summed E-state index contributed by atoms with van der Waals surface area (Å²) in [6.45, 7) is 3.78. The van der Waals surface area contributed by atoms with Gasteiger partial charge in [-0.15, -0.1) is 0 Å². The van der Waals surface area contributed by atoms with Crippen molar-refractivity contribution in [3.05, 3.63) is 11.6 Å². The largest absolute Gasteiger partial charge is 0.480 e. The second-order valence-electron chi connectivity index (χ2n) is 3.18. The highest BCUT2D eigenvalue weighted by Gasteiger charge is 2.07. The van der Waals surface area contributed by atoms with Gasteiger partial charge in [0.2, 0.25) is 0 Å². The third-order valence-electron chi connectivity index (χ3n) is 1.53. The number of hydrogen-bond donors (Lipinski definition) is 2. The van der Waals surface area contributed by atoms with E-state index < -0.39 is 5.97 Å². The van der Waals surface area contributed by atoms with Gasteiger partial charge in [0.15, 0.2) is 11.6 Å². The lowest BCUT2D eigenvalue weighted by Crippen LogP contribution is -2.07. The minimum atomic E-state index is -0.992. The van der Waals surface area contributed by atoms with E-state index in [1.807, 2.05) is 13.8 Å². The van der Waals surface area contributed by atoms with Gasteiger partial charge in [0, 0.05) is 5.92 Å². The molecule has 0 radical (unpaired) electrons. The number of ether oxygens (including phenoxy) is 1. The molecule has 78 valence electrons. The minimum Gasteiger partial charge on any atom is -0.480 e. The summed E-state index contributed by atoms with van der Waals surface area (Å²) in [5, 5.41) is 14.9. The summed E-state index contributed by atoms with van der Waals surface area (Å²) < 4.78 is 4.84. The molecule has 0 aliphatic rings. The Bertz CT molecular complexity index is 309. The molecule has 1 rings (SSSR count). The first kappa shape index (κ1) is 10.6. The van der Waals surface area contributed by atoms with Gasteiger partial charge in [-0.1, -0.05) is 13.8 Å². The monoisotopic (exact) mass is 199 g/mol. The molecule has 0 saturated carbocycles. The van der Waals surface area contributed by atoms with Gasteiger partial charge in [0.05, 0.1) is 0 Å². The average molecular weight is 199 g/mol. The molecule has 0 aromatic carbocycles. The average Bonchev–Trinajstić information content (AvgIpc) is 2.52. The van der Waals surface area contributed by atoms with Crippen molar-refractivity contribution in [1.82, 2.24) is 15.2 Å². The van der Waals surface area contributed by atoms with Crippen molar-refractivity contribution in [2.24, 2.45) is 0 Å². The molecule has 0 bridgehead atoms. The molecule has 0 spiro atoms. The number of carboxylic acids is 1. The van der Waals surface area contributed by atoms with Crippen LogP contribution in [0.2, 0.25) is 0 Å². The molecule has 0 amide bonds. The van der Waals surface area contributed by atoms with Crippen LogP contribution in [0.25, 0.3) is 0 Å². The molecular weight excluding hydrogens is 186 g/mol. The van der Waals surface area contributed by atoms with Crippen LogP contribution >= 0.6 is 0 Å². The molecule has 0 aliphatic heterocycles. The number of H-pyrrole nitrogens is 1. The smallest absolute Gasteiger partial charge is 0.329 e. The van der Waals surface area contributed by atoms with E-state index in [4.69, 9.17) is 9.84 Å². The lowest BCUT2D eigenvalue weighted by molar-refractivity contribution is -0.142. The van der Waals surface area contributed by atoms with Gasteiger partial charge in [-0.2, -0.15) is 5.10 Å². The van der Waals surface area contributed by atoms with Gasteiger partial charge in [-0.3, -0.25) is 5.10 Å². The lowest BCUT2D eigenvalue weighted by Gasteiger charge is -1.96. The third-order valence-corrected chi connectivity index (χ3v) is 1.53. The van der Waals surface area contributed by atoms with Gasteiger partial charge in [-0.25, -0.2) is 9.78 Å². The Morgan fingerprint density at radius 2 is 2.36 bits per heavy atom. The van der Waals surface area contributed by atoms with Crippen LogP contribution in [0.4, 0.5) is 0 Å². The summed E-state index contributed by atoms with van der Waals surface area (Å²) in [4.78, 5) is 14.3. The molecule has 1 aromatic rings. The Kier molecular flexibility index (Phi) is 3.58. The van der Waals surface area contributed by atoms with E-state index in [2.05, 4.69) is 15.2 Å². The highest BCUT2D eigenvalue weighted by Crippen LogP contribution is 2.07. The minimum absolute atomic E-state index is 0.145. The van der Waals surface area contributed by atoms with E-state index >= 15 is 0 Å². The number of nitrogens with one attached hydrogen (secondary N) is 1. The van der Waals surface area contributed by atoms with Gasteiger partial charge in [-0.05, 0) is 0 Å². The van der Waals surface area contributed by atoms with Crippen molar-refractivity contribution in [2.45, 2.75) is 26.4 Å². The van der Waals surface area contributed by atoms with Gasteiger partial charge in [0.1, 0.15) is 13.2 Å². The van der Waals surface area contributed by atoms with Crippen molar-refractivity contribution in [3.63, 3.8) is 0 Å². The molecule has 1 aromatic heterocycles. The zero-order chi connectivity index (χ0) is 10.6. The van der Waals surface area contributed by atoms with E-state index in [0.29, 0.717) is 11.6 Å². The standard InChI is InChI=1S/C8H13N3O3/c1-5(2)8-9-6(10-11-8)3-14-4-7(12)13/h5H,3-4H2,1-2H3,(H,12,13)(H,9,10,11). The molecule has 6 heteroatoms. The van der Waals surface area contributed by atoms with Crippen molar-refractivity contribution in [2.75, 3.05) is 6.61 Å². The maximum absolute atomic E-state index is 10.1. The molecule has 14 heavy (non-hydrogen) atoms. The van der Waals surface area contributed by atoms with Crippen LogP contribution in [-0.4, -0.2) is 32.9 Å². The Hall–Kier alpha value is -1.43. The molecule has 1 heterocycles. The number of aromatic nitrogens is 3. The molecule has 0 unspecified atom stereocenters. The van der Waals surface area contributed by atoms with Crippen LogP contribution in [0.3, 0.4) is 0 Å². The summed E-state index contributed by atoms with van der Waals surface area (Å²) in [5.41, 5.74) is 0. The molecule has 6 nitrogen and oxygen atoms in total. The summed E-state index contributed by atoms with van der Waals surface area (Å²) in [5.74, 6) is 0.516. The number of nitrogens with zero attached hydrogens (tertiary/aromatic N) is 2. The SMILES string of the molecule is CC(C)c1n[nH]c(COCC(=O)O)n1. The van der Waals surface area contributed by atoms with Crippen LogP contribution in [0.5, 0.6) is 0 Å².